The summed E-state index contributed by atoms with van der Waals surface area (Å²) in [5, 5.41) is 17.4. The third kappa shape index (κ3) is 4.29. The highest BCUT2D eigenvalue weighted by Crippen LogP contribution is 2.37. The van der Waals surface area contributed by atoms with Crippen LogP contribution in [0.25, 0.3) is 16.5 Å². The second kappa shape index (κ2) is 8.64. The summed E-state index contributed by atoms with van der Waals surface area (Å²) in [6.45, 7) is 0. The number of nitrogens with one attached hydrogen (secondary N) is 2. The van der Waals surface area contributed by atoms with E-state index in [1.165, 1.54) is 11.2 Å². The Bertz CT molecular complexity index is 1320. The van der Waals surface area contributed by atoms with Crippen molar-refractivity contribution in [3.05, 3.63) is 65.8 Å². The standard InChI is InChI=1S/C26H28N6O3/c27-14-20-7-6-19(15-32(20)29)17-4-5-18-13-22(35-21(18)12-17)23(33)30-26(8-2-1-3-9-26)24(34)31-25(16-28)10-11-25/h4-7,12-15H,1-3,8-11,27,29H2,(H,30,33)(H,31,34)/b20-14-. The molecule has 0 saturated heterocycles. The molecule has 0 unspecified atom stereocenters. The minimum Gasteiger partial charge on any atom is -0.451 e. The number of fused-ring (bicyclic) bond motifs is 1. The van der Waals surface area contributed by atoms with Gasteiger partial charge in [-0.3, -0.25) is 14.6 Å². The topological polar surface area (TPSA) is 150 Å². The summed E-state index contributed by atoms with van der Waals surface area (Å²) >= 11 is 0. The molecule has 2 fully saturated rings. The summed E-state index contributed by atoms with van der Waals surface area (Å²) in [6, 6.07) is 9.52. The molecule has 35 heavy (non-hydrogen) atoms. The Hall–Kier alpha value is -4.03. The van der Waals surface area contributed by atoms with E-state index in [-0.39, 0.29) is 11.7 Å². The van der Waals surface area contributed by atoms with Crippen molar-refractivity contribution in [2.45, 2.75) is 56.0 Å². The van der Waals surface area contributed by atoms with Crippen LogP contribution in [0.4, 0.5) is 0 Å². The average Bonchev–Trinajstić information content (AvgIpc) is 3.51. The number of hydrogen-bond acceptors (Lipinski definition) is 7. The van der Waals surface area contributed by atoms with Gasteiger partial charge in [0.15, 0.2) is 5.76 Å². The Morgan fingerprint density at radius 2 is 1.86 bits per heavy atom. The lowest BCUT2D eigenvalue weighted by Gasteiger charge is -2.37. The third-order valence-corrected chi connectivity index (χ3v) is 7.07. The van der Waals surface area contributed by atoms with Crippen molar-refractivity contribution in [1.82, 2.24) is 15.6 Å². The smallest absolute Gasteiger partial charge is 0.287 e. The number of rotatable bonds is 5. The maximum absolute atomic E-state index is 13.2. The van der Waals surface area contributed by atoms with Crippen LogP contribution in [0.3, 0.4) is 0 Å². The van der Waals surface area contributed by atoms with Crippen molar-refractivity contribution in [2.75, 3.05) is 0 Å². The number of carbonyl (C=O) groups excluding carboxylic acids is 2. The van der Waals surface area contributed by atoms with Gasteiger partial charge in [0.05, 0.1) is 11.8 Å². The molecule has 0 spiro atoms. The van der Waals surface area contributed by atoms with Crippen LogP contribution in [0, 0.1) is 11.3 Å². The first-order chi connectivity index (χ1) is 16.9. The van der Waals surface area contributed by atoms with E-state index in [0.717, 1.165) is 35.8 Å². The fraction of sp³-hybridized carbons (Fsp3) is 0.346. The molecule has 9 nitrogen and oxygen atoms in total. The molecule has 2 amide bonds. The zero-order valence-corrected chi connectivity index (χ0v) is 19.3. The van der Waals surface area contributed by atoms with E-state index >= 15 is 0 Å². The largest absolute Gasteiger partial charge is 0.451 e. The van der Waals surface area contributed by atoms with Crippen LogP contribution < -0.4 is 22.2 Å². The number of allylic oxidation sites excluding steroid dienone is 3. The molecule has 2 aromatic rings. The molecule has 1 aromatic carbocycles. The molecular weight excluding hydrogens is 444 g/mol. The molecule has 9 heteroatoms. The van der Waals surface area contributed by atoms with Gasteiger partial charge in [0.25, 0.3) is 5.91 Å². The van der Waals surface area contributed by atoms with Crippen LogP contribution in [0.5, 0.6) is 0 Å². The number of hydrogen-bond donors (Lipinski definition) is 4. The van der Waals surface area contributed by atoms with E-state index in [1.807, 2.05) is 30.4 Å². The lowest BCUT2D eigenvalue weighted by Crippen LogP contribution is -2.61. The Kier molecular flexibility index (Phi) is 5.61. The molecular formula is C26H28N6O3. The van der Waals surface area contributed by atoms with Gasteiger partial charge in [-0.05, 0) is 55.0 Å². The van der Waals surface area contributed by atoms with E-state index in [0.29, 0.717) is 37.0 Å². The van der Waals surface area contributed by atoms with Gasteiger partial charge in [0, 0.05) is 17.8 Å². The number of hydrazine groups is 1. The van der Waals surface area contributed by atoms with E-state index in [9.17, 15) is 14.9 Å². The van der Waals surface area contributed by atoms with Gasteiger partial charge >= 0.3 is 0 Å². The lowest BCUT2D eigenvalue weighted by molar-refractivity contribution is -0.129. The highest BCUT2D eigenvalue weighted by atomic mass is 16.3. The van der Waals surface area contributed by atoms with Crippen LogP contribution in [0.15, 0.2) is 58.9 Å². The molecule has 2 saturated carbocycles. The van der Waals surface area contributed by atoms with Gasteiger partial charge in [-0.2, -0.15) is 5.26 Å². The van der Waals surface area contributed by atoms with Crippen molar-refractivity contribution < 1.29 is 14.0 Å². The van der Waals surface area contributed by atoms with E-state index in [1.54, 1.807) is 12.3 Å². The molecule has 0 atom stereocenters. The zero-order chi connectivity index (χ0) is 24.6. The summed E-state index contributed by atoms with van der Waals surface area (Å²) in [5.74, 6) is 5.40. The summed E-state index contributed by atoms with van der Waals surface area (Å²) in [6.07, 6.45) is 11.9. The first-order valence-corrected chi connectivity index (χ1v) is 11.8. The van der Waals surface area contributed by atoms with Crippen molar-refractivity contribution in [3.8, 4) is 6.07 Å². The Morgan fingerprint density at radius 1 is 1.09 bits per heavy atom. The Balaban J connectivity index is 1.38. The SMILES string of the molecule is N#CC1(NC(=O)C2(NC(=O)c3cc4ccc(C5=CN(N)/C(=C\N)C=C5)cc4o3)CCCCC2)CC1. The highest BCUT2D eigenvalue weighted by Gasteiger charge is 2.50. The van der Waals surface area contributed by atoms with Gasteiger partial charge in [-0.25, -0.2) is 5.84 Å². The maximum atomic E-state index is 13.2. The van der Waals surface area contributed by atoms with Crippen LogP contribution in [0.1, 0.15) is 61.1 Å². The normalized spacial score (nSPS) is 21.3. The number of amides is 2. The molecule has 2 aliphatic carbocycles. The fourth-order valence-electron chi connectivity index (χ4n) is 4.73. The summed E-state index contributed by atoms with van der Waals surface area (Å²) < 4.78 is 5.91. The number of nitrogens with zero attached hydrogens (tertiary/aromatic N) is 2. The van der Waals surface area contributed by atoms with E-state index in [4.69, 9.17) is 16.0 Å². The summed E-state index contributed by atoms with van der Waals surface area (Å²) in [5.41, 5.74) is 6.70. The summed E-state index contributed by atoms with van der Waals surface area (Å²) in [4.78, 5) is 26.4. The number of furan rings is 1. The van der Waals surface area contributed by atoms with Gasteiger partial charge in [-0.1, -0.05) is 37.5 Å². The van der Waals surface area contributed by atoms with Gasteiger partial charge in [-0.15, -0.1) is 0 Å². The average molecular weight is 473 g/mol. The molecule has 2 heterocycles. The number of nitrogens with two attached hydrogens (primary N) is 2. The van der Waals surface area contributed by atoms with Crippen molar-refractivity contribution in [2.24, 2.45) is 11.6 Å². The molecule has 5 rings (SSSR count). The minimum absolute atomic E-state index is 0.137. The van der Waals surface area contributed by atoms with Gasteiger partial charge < -0.3 is 20.8 Å². The van der Waals surface area contributed by atoms with Gasteiger partial charge in [0.1, 0.15) is 16.7 Å². The third-order valence-electron chi connectivity index (χ3n) is 7.07. The minimum atomic E-state index is -1.04. The molecule has 6 N–H and O–H groups in total. The molecule has 3 aliphatic rings. The van der Waals surface area contributed by atoms with Crippen LogP contribution in [-0.4, -0.2) is 27.9 Å². The number of benzene rings is 1. The fourth-order valence-corrected chi connectivity index (χ4v) is 4.73. The number of nitriles is 1. The van der Waals surface area contributed by atoms with Gasteiger partial charge in [0.2, 0.25) is 5.91 Å². The van der Waals surface area contributed by atoms with E-state index < -0.39 is 17.0 Å². The highest BCUT2D eigenvalue weighted by molar-refractivity contribution is 6.00. The molecule has 180 valence electrons. The second-order valence-corrected chi connectivity index (χ2v) is 9.52. The lowest BCUT2D eigenvalue weighted by atomic mass is 9.80. The predicted molar refractivity (Wildman–Crippen MR) is 131 cm³/mol. The number of carbonyl (C=O) groups is 2. The van der Waals surface area contributed by atoms with Crippen molar-refractivity contribution >= 4 is 28.4 Å². The van der Waals surface area contributed by atoms with Crippen LogP contribution in [0.2, 0.25) is 0 Å². The quantitative estimate of drug-likeness (QED) is 0.489. The van der Waals surface area contributed by atoms with Crippen molar-refractivity contribution in [3.63, 3.8) is 0 Å². The monoisotopic (exact) mass is 472 g/mol. The second-order valence-electron chi connectivity index (χ2n) is 9.52. The Labute approximate surface area is 203 Å². The molecule has 0 radical (unpaired) electrons. The van der Waals surface area contributed by atoms with E-state index in [2.05, 4.69) is 16.7 Å². The Morgan fingerprint density at radius 3 is 2.51 bits per heavy atom. The predicted octanol–water partition coefficient (Wildman–Crippen LogP) is 2.92. The van der Waals surface area contributed by atoms with Crippen LogP contribution >= 0.6 is 0 Å². The zero-order valence-electron chi connectivity index (χ0n) is 19.3. The first-order valence-electron chi connectivity index (χ1n) is 11.8. The molecule has 1 aliphatic heterocycles. The van der Waals surface area contributed by atoms with Crippen molar-refractivity contribution in [1.29, 1.82) is 5.26 Å². The molecule has 0 bridgehead atoms. The molecule has 1 aromatic heterocycles. The maximum Gasteiger partial charge on any atom is 0.287 e. The van der Waals surface area contributed by atoms with Crippen LogP contribution in [-0.2, 0) is 4.79 Å². The first kappa shape index (κ1) is 22.7. The summed E-state index contributed by atoms with van der Waals surface area (Å²) in [7, 11) is 0.